The minimum absolute atomic E-state index is 0.170. The molecular formula is C18H15ClN6O2. The fraction of sp³-hybridized carbons (Fsp3) is 0.167. The van der Waals surface area contributed by atoms with Crippen LogP contribution in [0.5, 0.6) is 0 Å². The van der Waals surface area contributed by atoms with Crippen LogP contribution in [0.15, 0.2) is 41.3 Å². The number of H-pyrrole nitrogens is 1. The summed E-state index contributed by atoms with van der Waals surface area (Å²) in [5.74, 6) is -0.170. The Labute approximate surface area is 159 Å². The van der Waals surface area contributed by atoms with Gasteiger partial charge in [-0.05, 0) is 25.1 Å². The molecule has 0 aliphatic heterocycles. The predicted molar refractivity (Wildman–Crippen MR) is 99.2 cm³/mol. The molecule has 8 nitrogen and oxygen atoms in total. The Kier molecular flexibility index (Phi) is 4.33. The molecule has 3 aromatic heterocycles. The molecular weight excluding hydrogens is 368 g/mol. The molecule has 27 heavy (non-hydrogen) atoms. The smallest absolute Gasteiger partial charge is 0.254 e. The quantitative estimate of drug-likeness (QED) is 0.581. The van der Waals surface area contributed by atoms with Crippen LogP contribution < -0.4 is 0 Å². The molecule has 4 aromatic rings. The van der Waals surface area contributed by atoms with Gasteiger partial charge in [0.1, 0.15) is 11.4 Å². The third-order valence-electron chi connectivity index (χ3n) is 4.28. The molecule has 0 fully saturated rings. The number of aromatic amines is 1. The second-order valence-corrected chi connectivity index (χ2v) is 6.60. The van der Waals surface area contributed by atoms with Gasteiger partial charge in [0.15, 0.2) is 0 Å². The van der Waals surface area contributed by atoms with Gasteiger partial charge in [0.25, 0.3) is 5.91 Å². The van der Waals surface area contributed by atoms with E-state index in [1.807, 2.05) is 0 Å². The molecule has 136 valence electrons. The Balaban J connectivity index is 1.79. The van der Waals surface area contributed by atoms with Gasteiger partial charge in [-0.15, -0.1) is 0 Å². The number of aromatic nitrogens is 5. The van der Waals surface area contributed by atoms with Crippen molar-refractivity contribution in [1.29, 1.82) is 0 Å². The number of halogens is 1. The highest BCUT2D eigenvalue weighted by atomic mass is 35.5. The third kappa shape index (κ3) is 3.26. The lowest BCUT2D eigenvalue weighted by Gasteiger charge is -2.17. The van der Waals surface area contributed by atoms with E-state index in [-0.39, 0.29) is 12.5 Å². The van der Waals surface area contributed by atoms with E-state index in [9.17, 15) is 4.79 Å². The summed E-state index contributed by atoms with van der Waals surface area (Å²) >= 11 is 6.12. The maximum absolute atomic E-state index is 13.2. The van der Waals surface area contributed by atoms with Crippen LogP contribution in [0.3, 0.4) is 0 Å². The molecule has 1 aromatic carbocycles. The fourth-order valence-corrected chi connectivity index (χ4v) is 2.98. The van der Waals surface area contributed by atoms with Gasteiger partial charge < -0.3 is 4.90 Å². The van der Waals surface area contributed by atoms with Crippen LogP contribution in [0.25, 0.3) is 22.2 Å². The van der Waals surface area contributed by atoms with Crippen molar-refractivity contribution in [3.63, 3.8) is 0 Å². The molecule has 1 N–H and O–H groups in total. The van der Waals surface area contributed by atoms with E-state index in [1.165, 1.54) is 0 Å². The van der Waals surface area contributed by atoms with Gasteiger partial charge in [-0.1, -0.05) is 28.0 Å². The number of benzene rings is 1. The van der Waals surface area contributed by atoms with Gasteiger partial charge in [-0.2, -0.15) is 5.10 Å². The molecule has 4 rings (SSSR count). The van der Waals surface area contributed by atoms with Crippen molar-refractivity contribution < 1.29 is 9.42 Å². The van der Waals surface area contributed by atoms with Gasteiger partial charge in [-0.3, -0.25) is 9.89 Å². The van der Waals surface area contributed by atoms with Crippen molar-refractivity contribution in [2.24, 2.45) is 0 Å². The number of hydrogen-bond donors (Lipinski definition) is 1. The maximum atomic E-state index is 13.2. The number of nitrogens with zero attached hydrogens (tertiary/aromatic N) is 5. The zero-order chi connectivity index (χ0) is 19.0. The average molecular weight is 383 g/mol. The second-order valence-electron chi connectivity index (χ2n) is 6.16. The van der Waals surface area contributed by atoms with Gasteiger partial charge in [0.2, 0.25) is 0 Å². The number of pyridine rings is 1. The third-order valence-corrected chi connectivity index (χ3v) is 4.51. The lowest BCUT2D eigenvalue weighted by atomic mass is 10.0. The van der Waals surface area contributed by atoms with Crippen LogP contribution in [-0.4, -0.2) is 43.3 Å². The highest BCUT2D eigenvalue weighted by Crippen LogP contribution is 2.27. The Morgan fingerprint density at radius 2 is 2.15 bits per heavy atom. The molecule has 0 atom stereocenters. The van der Waals surface area contributed by atoms with Crippen molar-refractivity contribution in [1.82, 2.24) is 30.4 Å². The van der Waals surface area contributed by atoms with Gasteiger partial charge in [0.05, 0.1) is 29.5 Å². The number of amides is 1. The van der Waals surface area contributed by atoms with Crippen LogP contribution in [0.1, 0.15) is 21.7 Å². The summed E-state index contributed by atoms with van der Waals surface area (Å²) in [5, 5.41) is 15.6. The molecule has 0 radical (unpaired) electrons. The van der Waals surface area contributed by atoms with Crippen LogP contribution in [0.4, 0.5) is 0 Å². The molecule has 0 unspecified atom stereocenters. The van der Waals surface area contributed by atoms with Crippen molar-refractivity contribution in [3.8, 4) is 11.3 Å². The highest BCUT2D eigenvalue weighted by molar-refractivity contribution is 6.31. The topological polar surface area (TPSA) is 101 Å². The second kappa shape index (κ2) is 6.81. The fourth-order valence-electron chi connectivity index (χ4n) is 2.81. The Hall–Kier alpha value is -3.26. The average Bonchev–Trinajstić information content (AvgIpc) is 3.32. The molecule has 0 saturated carbocycles. The zero-order valence-corrected chi connectivity index (χ0v) is 15.4. The Morgan fingerprint density at radius 3 is 2.85 bits per heavy atom. The molecule has 3 heterocycles. The number of rotatable bonds is 4. The minimum atomic E-state index is -0.170. The maximum Gasteiger partial charge on any atom is 0.254 e. The molecule has 0 saturated heterocycles. The first kappa shape index (κ1) is 17.2. The van der Waals surface area contributed by atoms with Gasteiger partial charge in [0, 0.05) is 29.2 Å². The number of carbonyl (C=O) groups excluding carboxylic acids is 1. The Bertz CT molecular complexity index is 1120. The lowest BCUT2D eigenvalue weighted by Crippen LogP contribution is -2.27. The first-order valence-corrected chi connectivity index (χ1v) is 8.53. The summed E-state index contributed by atoms with van der Waals surface area (Å²) in [4.78, 5) is 19.3. The highest BCUT2D eigenvalue weighted by Gasteiger charge is 2.20. The van der Waals surface area contributed by atoms with Crippen molar-refractivity contribution in [2.45, 2.75) is 13.5 Å². The number of hydrogen-bond acceptors (Lipinski definition) is 6. The monoisotopic (exact) mass is 382 g/mol. The van der Waals surface area contributed by atoms with Crippen molar-refractivity contribution >= 4 is 28.4 Å². The van der Waals surface area contributed by atoms with Crippen LogP contribution >= 0.6 is 11.6 Å². The van der Waals surface area contributed by atoms with E-state index in [1.54, 1.807) is 55.5 Å². The molecule has 0 spiro atoms. The van der Waals surface area contributed by atoms with Crippen molar-refractivity contribution in [3.05, 3.63) is 58.6 Å². The first-order chi connectivity index (χ1) is 13.0. The van der Waals surface area contributed by atoms with Crippen LogP contribution in [0, 0.1) is 6.92 Å². The molecule has 1 amide bonds. The summed E-state index contributed by atoms with van der Waals surface area (Å²) in [5.41, 5.74) is 3.84. The summed E-state index contributed by atoms with van der Waals surface area (Å²) in [6.45, 7) is 2.07. The van der Waals surface area contributed by atoms with Crippen LogP contribution in [0.2, 0.25) is 5.02 Å². The van der Waals surface area contributed by atoms with E-state index < -0.39 is 0 Å². The van der Waals surface area contributed by atoms with Gasteiger partial charge in [-0.25, -0.2) is 9.61 Å². The van der Waals surface area contributed by atoms with Crippen molar-refractivity contribution in [2.75, 3.05) is 7.05 Å². The number of nitrogens with one attached hydrogen (secondary N) is 1. The molecule has 0 bridgehead atoms. The Morgan fingerprint density at radius 1 is 1.30 bits per heavy atom. The number of fused-ring (bicyclic) bond motifs is 1. The number of aryl methyl sites for hydroxylation is 1. The van der Waals surface area contributed by atoms with Gasteiger partial charge >= 0.3 is 0 Å². The summed E-state index contributed by atoms with van der Waals surface area (Å²) in [6, 6.07) is 7.04. The van der Waals surface area contributed by atoms with E-state index in [0.717, 1.165) is 10.9 Å². The number of carbonyl (C=O) groups is 1. The molecule has 0 aliphatic carbocycles. The SMILES string of the molecule is Cc1nonc1CN(C)C(=O)c1cc(-c2cn[nH]c2)nc2cc(Cl)ccc12. The molecule has 9 heteroatoms. The summed E-state index contributed by atoms with van der Waals surface area (Å²) < 4.78 is 4.71. The van der Waals surface area contributed by atoms with E-state index in [0.29, 0.717) is 33.2 Å². The standard InChI is InChI=1S/C18H15ClN6O2/c1-10-17(24-27-23-10)9-25(2)18(26)14-6-15(11-7-20-21-8-11)22-16-5-12(19)3-4-13(14)16/h3-8H,9H2,1-2H3,(H,20,21). The lowest BCUT2D eigenvalue weighted by molar-refractivity contribution is 0.0783. The largest absolute Gasteiger partial charge is 0.336 e. The summed E-state index contributed by atoms with van der Waals surface area (Å²) in [7, 11) is 1.70. The molecule has 0 aliphatic rings. The normalized spacial score (nSPS) is 11.1. The van der Waals surface area contributed by atoms with E-state index in [4.69, 9.17) is 16.2 Å². The van der Waals surface area contributed by atoms with E-state index in [2.05, 4.69) is 25.5 Å². The van der Waals surface area contributed by atoms with Crippen LogP contribution in [-0.2, 0) is 6.54 Å². The summed E-state index contributed by atoms with van der Waals surface area (Å²) in [6.07, 6.45) is 3.38. The minimum Gasteiger partial charge on any atom is -0.336 e. The first-order valence-electron chi connectivity index (χ1n) is 8.16. The van der Waals surface area contributed by atoms with E-state index >= 15 is 0 Å². The predicted octanol–water partition coefficient (Wildman–Crippen LogP) is 3.24. The zero-order valence-electron chi connectivity index (χ0n) is 14.6.